The lowest BCUT2D eigenvalue weighted by Gasteiger charge is -2.20. The van der Waals surface area contributed by atoms with Gasteiger partial charge in [0.2, 0.25) is 10.0 Å². The van der Waals surface area contributed by atoms with Crippen molar-refractivity contribution in [3.63, 3.8) is 0 Å². The highest BCUT2D eigenvalue weighted by molar-refractivity contribution is 7.92. The first-order valence-corrected chi connectivity index (χ1v) is 7.95. The Hall–Kier alpha value is -1.56. The Morgan fingerprint density at radius 1 is 1.37 bits per heavy atom. The molecule has 0 spiro atoms. The summed E-state index contributed by atoms with van der Waals surface area (Å²) < 4.78 is 24.3. The van der Waals surface area contributed by atoms with Gasteiger partial charge >= 0.3 is 0 Å². The summed E-state index contributed by atoms with van der Waals surface area (Å²) >= 11 is 0. The average Bonchev–Trinajstić information content (AvgIpc) is 2.34. The highest BCUT2D eigenvalue weighted by Crippen LogP contribution is 2.23. The van der Waals surface area contributed by atoms with E-state index in [4.69, 9.17) is 0 Å². The zero-order valence-electron chi connectivity index (χ0n) is 11.7. The lowest BCUT2D eigenvalue weighted by atomic mass is 10.1. The van der Waals surface area contributed by atoms with Crippen LogP contribution in [-0.4, -0.2) is 34.2 Å². The fraction of sp³-hybridized carbons (Fsp3) is 0.462. The van der Waals surface area contributed by atoms with E-state index < -0.39 is 10.0 Å². The Bertz CT molecular complexity index is 567. The molecule has 0 bridgehead atoms. The van der Waals surface area contributed by atoms with Crippen LogP contribution in [-0.2, 0) is 10.0 Å². The summed E-state index contributed by atoms with van der Waals surface area (Å²) in [5.41, 5.74) is 1.68. The number of carbonyl (C=O) groups excluding carboxylic acids is 1. The van der Waals surface area contributed by atoms with Crippen LogP contribution in [0.25, 0.3) is 0 Å². The van der Waals surface area contributed by atoms with Crippen LogP contribution in [0, 0.1) is 6.92 Å². The van der Waals surface area contributed by atoms with E-state index in [0.717, 1.165) is 12.7 Å². The molecule has 106 valence electrons. The van der Waals surface area contributed by atoms with Gasteiger partial charge in [0.25, 0.3) is 5.91 Å². The molecule has 1 aromatic carbocycles. The van der Waals surface area contributed by atoms with Gasteiger partial charge in [-0.2, -0.15) is 0 Å². The van der Waals surface area contributed by atoms with Crippen LogP contribution in [0.2, 0.25) is 0 Å². The molecule has 19 heavy (non-hydrogen) atoms. The van der Waals surface area contributed by atoms with Crippen molar-refractivity contribution in [2.24, 2.45) is 0 Å². The van der Waals surface area contributed by atoms with E-state index in [9.17, 15) is 13.2 Å². The van der Waals surface area contributed by atoms with E-state index in [-0.39, 0.29) is 5.91 Å². The van der Waals surface area contributed by atoms with Crippen molar-refractivity contribution in [3.05, 3.63) is 29.3 Å². The number of rotatable bonds is 5. The second-order valence-corrected chi connectivity index (χ2v) is 6.45. The summed E-state index contributed by atoms with van der Waals surface area (Å²) in [6.45, 7) is 4.32. The molecule has 1 rings (SSSR count). The van der Waals surface area contributed by atoms with E-state index >= 15 is 0 Å². The summed E-state index contributed by atoms with van der Waals surface area (Å²) in [4.78, 5) is 12.0. The SMILES string of the molecule is CCCNC(=O)c1cccc(N(C)S(C)(=O)=O)c1C. The Balaban J connectivity index is 3.15. The molecule has 0 heterocycles. The predicted molar refractivity (Wildman–Crippen MR) is 77.1 cm³/mol. The molecule has 5 nitrogen and oxygen atoms in total. The molecular formula is C13H20N2O3S. The summed E-state index contributed by atoms with van der Waals surface area (Å²) in [7, 11) is -1.86. The van der Waals surface area contributed by atoms with Crippen LogP contribution in [0.3, 0.4) is 0 Å². The van der Waals surface area contributed by atoms with Gasteiger partial charge in [-0.1, -0.05) is 13.0 Å². The molecule has 0 radical (unpaired) electrons. The third-order valence-corrected chi connectivity index (χ3v) is 4.11. The number of hydrogen-bond acceptors (Lipinski definition) is 3. The van der Waals surface area contributed by atoms with Crippen LogP contribution < -0.4 is 9.62 Å². The number of hydrogen-bond donors (Lipinski definition) is 1. The van der Waals surface area contributed by atoms with Gasteiger partial charge < -0.3 is 5.32 Å². The third-order valence-electron chi connectivity index (χ3n) is 2.92. The van der Waals surface area contributed by atoms with E-state index in [1.165, 1.54) is 11.4 Å². The molecule has 0 saturated heterocycles. The molecule has 0 unspecified atom stereocenters. The minimum atomic E-state index is -3.34. The molecular weight excluding hydrogens is 264 g/mol. The topological polar surface area (TPSA) is 66.5 Å². The molecule has 0 aliphatic carbocycles. The molecule has 0 saturated carbocycles. The van der Waals surface area contributed by atoms with Crippen LogP contribution >= 0.6 is 0 Å². The number of amides is 1. The predicted octanol–water partition coefficient (Wildman–Crippen LogP) is 1.53. The minimum absolute atomic E-state index is 0.178. The second-order valence-electron chi connectivity index (χ2n) is 4.44. The number of sulfonamides is 1. The van der Waals surface area contributed by atoms with E-state index in [2.05, 4.69) is 5.32 Å². The smallest absolute Gasteiger partial charge is 0.251 e. The third kappa shape index (κ3) is 3.70. The van der Waals surface area contributed by atoms with Gasteiger partial charge in [0.05, 0.1) is 11.9 Å². The number of nitrogens with zero attached hydrogens (tertiary/aromatic N) is 1. The number of carbonyl (C=O) groups is 1. The molecule has 0 atom stereocenters. The normalized spacial score (nSPS) is 11.2. The highest BCUT2D eigenvalue weighted by Gasteiger charge is 2.18. The molecule has 1 N–H and O–H groups in total. The van der Waals surface area contributed by atoms with Crippen molar-refractivity contribution < 1.29 is 13.2 Å². The largest absolute Gasteiger partial charge is 0.352 e. The molecule has 1 aromatic rings. The zero-order chi connectivity index (χ0) is 14.6. The van der Waals surface area contributed by atoms with Gasteiger partial charge in [0.15, 0.2) is 0 Å². The van der Waals surface area contributed by atoms with Gasteiger partial charge in [-0.05, 0) is 31.0 Å². The Kier molecular flexibility index (Phi) is 4.94. The van der Waals surface area contributed by atoms with Gasteiger partial charge in [-0.25, -0.2) is 8.42 Å². The fourth-order valence-corrected chi connectivity index (χ4v) is 2.28. The van der Waals surface area contributed by atoms with Gasteiger partial charge in [-0.3, -0.25) is 9.10 Å². The summed E-state index contributed by atoms with van der Waals surface area (Å²) in [6.07, 6.45) is 1.99. The lowest BCUT2D eigenvalue weighted by molar-refractivity contribution is 0.0953. The summed E-state index contributed by atoms with van der Waals surface area (Å²) in [6, 6.07) is 5.07. The van der Waals surface area contributed by atoms with Gasteiger partial charge in [0, 0.05) is 19.2 Å². The summed E-state index contributed by atoms with van der Waals surface area (Å²) in [5.74, 6) is -0.178. The Morgan fingerprint density at radius 2 is 2.00 bits per heavy atom. The van der Waals surface area contributed by atoms with Crippen molar-refractivity contribution in [2.45, 2.75) is 20.3 Å². The number of anilines is 1. The molecule has 6 heteroatoms. The van der Waals surface area contributed by atoms with Crippen LogP contribution in [0.1, 0.15) is 29.3 Å². The van der Waals surface area contributed by atoms with Crippen LogP contribution in [0.5, 0.6) is 0 Å². The maximum Gasteiger partial charge on any atom is 0.251 e. The zero-order valence-corrected chi connectivity index (χ0v) is 12.5. The van der Waals surface area contributed by atoms with Crippen LogP contribution in [0.15, 0.2) is 18.2 Å². The quantitative estimate of drug-likeness (QED) is 0.891. The number of nitrogens with one attached hydrogen (secondary N) is 1. The molecule has 0 aromatic heterocycles. The molecule has 0 fully saturated rings. The first kappa shape index (κ1) is 15.5. The van der Waals surface area contributed by atoms with Gasteiger partial charge in [-0.15, -0.1) is 0 Å². The Labute approximate surface area is 114 Å². The minimum Gasteiger partial charge on any atom is -0.352 e. The second kappa shape index (κ2) is 6.06. The van der Waals surface area contributed by atoms with E-state index in [1.807, 2.05) is 6.92 Å². The van der Waals surface area contributed by atoms with E-state index in [0.29, 0.717) is 23.4 Å². The van der Waals surface area contributed by atoms with Crippen molar-refractivity contribution in [1.82, 2.24) is 5.32 Å². The maximum absolute atomic E-state index is 12.0. The Morgan fingerprint density at radius 3 is 2.53 bits per heavy atom. The van der Waals surface area contributed by atoms with Crippen molar-refractivity contribution in [3.8, 4) is 0 Å². The average molecular weight is 284 g/mol. The van der Waals surface area contributed by atoms with Crippen molar-refractivity contribution in [2.75, 3.05) is 24.2 Å². The van der Waals surface area contributed by atoms with E-state index in [1.54, 1.807) is 25.1 Å². The molecule has 1 amide bonds. The first-order valence-electron chi connectivity index (χ1n) is 6.10. The standard InChI is InChI=1S/C13H20N2O3S/c1-5-9-14-13(16)11-7-6-8-12(10(11)2)15(3)19(4,17)18/h6-8H,5,9H2,1-4H3,(H,14,16). The number of benzene rings is 1. The monoisotopic (exact) mass is 284 g/mol. The highest BCUT2D eigenvalue weighted by atomic mass is 32.2. The summed E-state index contributed by atoms with van der Waals surface area (Å²) in [5, 5.41) is 2.79. The van der Waals surface area contributed by atoms with Crippen molar-refractivity contribution in [1.29, 1.82) is 0 Å². The van der Waals surface area contributed by atoms with Gasteiger partial charge in [0.1, 0.15) is 0 Å². The molecule has 0 aliphatic rings. The molecule has 0 aliphatic heterocycles. The lowest BCUT2D eigenvalue weighted by Crippen LogP contribution is -2.28. The first-order chi connectivity index (χ1) is 8.79. The maximum atomic E-state index is 12.0. The van der Waals surface area contributed by atoms with Crippen LogP contribution in [0.4, 0.5) is 5.69 Å². The van der Waals surface area contributed by atoms with Crippen molar-refractivity contribution >= 4 is 21.6 Å². The fourth-order valence-electron chi connectivity index (χ4n) is 1.72.